The van der Waals surface area contributed by atoms with Crippen LogP contribution in [0, 0.1) is 6.92 Å². The van der Waals surface area contributed by atoms with Crippen molar-refractivity contribution < 1.29 is 9.15 Å². The van der Waals surface area contributed by atoms with Crippen molar-refractivity contribution in [2.75, 3.05) is 0 Å². The van der Waals surface area contributed by atoms with Crippen molar-refractivity contribution in [3.63, 3.8) is 0 Å². The molecule has 4 heteroatoms. The summed E-state index contributed by atoms with van der Waals surface area (Å²) in [6.07, 6.45) is 4.38. The van der Waals surface area contributed by atoms with Crippen LogP contribution in [0.1, 0.15) is 29.7 Å². The summed E-state index contributed by atoms with van der Waals surface area (Å²) in [6.45, 7) is 3.27. The van der Waals surface area contributed by atoms with Crippen molar-refractivity contribution in [3.05, 3.63) is 52.4 Å². The third-order valence-electron chi connectivity index (χ3n) is 3.39. The number of nitrogens with one attached hydrogen (secondary N) is 1. The molecule has 0 atom stereocenters. The molecule has 0 amide bonds. The third-order valence-corrected chi connectivity index (χ3v) is 3.81. The van der Waals surface area contributed by atoms with Crippen LogP contribution in [0.5, 0.6) is 5.75 Å². The van der Waals surface area contributed by atoms with Gasteiger partial charge in [0.25, 0.3) is 0 Å². The summed E-state index contributed by atoms with van der Waals surface area (Å²) in [5.41, 5.74) is 2.18. The second-order valence-corrected chi connectivity index (χ2v) is 5.68. The first-order chi connectivity index (χ1) is 9.70. The maximum atomic E-state index is 5.99. The van der Waals surface area contributed by atoms with Crippen LogP contribution in [0.15, 0.2) is 34.9 Å². The Balaban J connectivity index is 1.53. The molecule has 1 aromatic heterocycles. The first-order valence-corrected chi connectivity index (χ1v) is 7.27. The minimum absolute atomic E-state index is 0.435. The predicted molar refractivity (Wildman–Crippen MR) is 79.1 cm³/mol. The summed E-state index contributed by atoms with van der Waals surface area (Å²) in [6, 6.07) is 8.40. The fraction of sp³-hybridized carbons (Fsp3) is 0.375. The molecule has 0 radical (unpaired) electrons. The second kappa shape index (κ2) is 5.90. The molecule has 1 fully saturated rings. The smallest absolute Gasteiger partial charge is 0.146 e. The molecule has 0 saturated heterocycles. The topological polar surface area (TPSA) is 34.4 Å². The van der Waals surface area contributed by atoms with E-state index in [1.807, 2.05) is 31.2 Å². The summed E-state index contributed by atoms with van der Waals surface area (Å²) in [7, 11) is 0. The lowest BCUT2D eigenvalue weighted by molar-refractivity contribution is 0.270. The number of benzene rings is 1. The Labute approximate surface area is 123 Å². The van der Waals surface area contributed by atoms with Crippen LogP contribution >= 0.6 is 11.6 Å². The fourth-order valence-electron chi connectivity index (χ4n) is 2.01. The van der Waals surface area contributed by atoms with E-state index in [0.717, 1.165) is 28.6 Å². The molecule has 106 valence electrons. The number of aryl methyl sites for hydroxylation is 1. The van der Waals surface area contributed by atoms with E-state index in [4.69, 9.17) is 20.8 Å². The lowest BCUT2D eigenvalue weighted by Gasteiger charge is -2.05. The standard InChI is InChI=1S/C16H18ClNO2/c1-11-6-14(4-5-16(11)17)20-10-15-7-12(9-19-15)8-18-13-2-3-13/h4-7,9,13,18H,2-3,8,10H2,1H3. The highest BCUT2D eigenvalue weighted by atomic mass is 35.5. The molecule has 1 aromatic carbocycles. The molecule has 2 aromatic rings. The largest absolute Gasteiger partial charge is 0.486 e. The van der Waals surface area contributed by atoms with Crippen LogP contribution in [-0.4, -0.2) is 6.04 Å². The van der Waals surface area contributed by atoms with Gasteiger partial charge in [-0.15, -0.1) is 0 Å². The summed E-state index contributed by atoms with van der Waals surface area (Å²) >= 11 is 5.99. The van der Waals surface area contributed by atoms with Gasteiger partial charge in [-0.1, -0.05) is 11.6 Å². The van der Waals surface area contributed by atoms with Crippen LogP contribution in [0.25, 0.3) is 0 Å². The monoisotopic (exact) mass is 291 g/mol. The predicted octanol–water partition coefficient (Wildman–Crippen LogP) is 4.07. The van der Waals surface area contributed by atoms with E-state index in [1.165, 1.54) is 18.4 Å². The van der Waals surface area contributed by atoms with Crippen LogP contribution in [-0.2, 0) is 13.2 Å². The van der Waals surface area contributed by atoms with Crippen molar-refractivity contribution in [2.24, 2.45) is 0 Å². The maximum Gasteiger partial charge on any atom is 0.146 e. The molecule has 0 bridgehead atoms. The highest BCUT2D eigenvalue weighted by Gasteiger charge is 2.20. The molecule has 1 aliphatic rings. The summed E-state index contributed by atoms with van der Waals surface area (Å²) in [5.74, 6) is 1.64. The Morgan fingerprint density at radius 3 is 2.95 bits per heavy atom. The highest BCUT2D eigenvalue weighted by Crippen LogP contribution is 2.22. The van der Waals surface area contributed by atoms with Crippen molar-refractivity contribution in [3.8, 4) is 5.75 Å². The summed E-state index contributed by atoms with van der Waals surface area (Å²) < 4.78 is 11.2. The van der Waals surface area contributed by atoms with Gasteiger partial charge in [-0.05, 0) is 49.6 Å². The van der Waals surface area contributed by atoms with Crippen LogP contribution in [0.3, 0.4) is 0 Å². The molecule has 1 aliphatic carbocycles. The molecule has 1 heterocycles. The molecular weight excluding hydrogens is 274 g/mol. The van der Waals surface area contributed by atoms with Crippen LogP contribution < -0.4 is 10.1 Å². The number of ether oxygens (including phenoxy) is 1. The minimum atomic E-state index is 0.435. The van der Waals surface area contributed by atoms with Gasteiger partial charge < -0.3 is 14.5 Å². The molecule has 3 rings (SSSR count). The molecule has 0 unspecified atom stereocenters. The SMILES string of the molecule is Cc1cc(OCc2cc(CNC3CC3)co2)ccc1Cl. The van der Waals surface area contributed by atoms with Gasteiger partial charge in [0.15, 0.2) is 0 Å². The first-order valence-electron chi connectivity index (χ1n) is 6.89. The van der Waals surface area contributed by atoms with Crippen molar-refractivity contribution >= 4 is 11.6 Å². The third kappa shape index (κ3) is 3.56. The van der Waals surface area contributed by atoms with Crippen molar-refractivity contribution in [2.45, 2.75) is 39.0 Å². The van der Waals surface area contributed by atoms with E-state index in [-0.39, 0.29) is 0 Å². The Hall–Kier alpha value is -1.45. The molecular formula is C16H18ClNO2. The van der Waals surface area contributed by atoms with E-state index < -0.39 is 0 Å². The number of hydrogen-bond donors (Lipinski definition) is 1. The average molecular weight is 292 g/mol. The van der Waals surface area contributed by atoms with Gasteiger partial charge in [-0.3, -0.25) is 0 Å². The van der Waals surface area contributed by atoms with Gasteiger partial charge in [-0.2, -0.15) is 0 Å². The van der Waals surface area contributed by atoms with Gasteiger partial charge in [-0.25, -0.2) is 0 Å². The molecule has 1 N–H and O–H groups in total. The molecule has 3 nitrogen and oxygen atoms in total. The second-order valence-electron chi connectivity index (χ2n) is 5.28. The van der Waals surface area contributed by atoms with Gasteiger partial charge in [0.05, 0.1) is 6.26 Å². The number of rotatable bonds is 6. The van der Waals surface area contributed by atoms with Gasteiger partial charge in [0.2, 0.25) is 0 Å². The zero-order valence-electron chi connectivity index (χ0n) is 11.5. The molecule has 20 heavy (non-hydrogen) atoms. The van der Waals surface area contributed by atoms with E-state index in [0.29, 0.717) is 12.6 Å². The zero-order valence-corrected chi connectivity index (χ0v) is 12.2. The molecule has 1 saturated carbocycles. The van der Waals surface area contributed by atoms with Crippen LogP contribution in [0.2, 0.25) is 5.02 Å². The van der Waals surface area contributed by atoms with Gasteiger partial charge in [0, 0.05) is 23.2 Å². The van der Waals surface area contributed by atoms with Gasteiger partial charge in [0.1, 0.15) is 18.1 Å². The fourth-order valence-corrected chi connectivity index (χ4v) is 2.12. The average Bonchev–Trinajstić information content (AvgIpc) is 3.16. The Morgan fingerprint density at radius 2 is 2.20 bits per heavy atom. The molecule has 0 spiro atoms. The van der Waals surface area contributed by atoms with Crippen molar-refractivity contribution in [1.82, 2.24) is 5.32 Å². The Kier molecular flexibility index (Phi) is 3.99. The van der Waals surface area contributed by atoms with E-state index in [1.54, 1.807) is 6.26 Å². The van der Waals surface area contributed by atoms with Gasteiger partial charge >= 0.3 is 0 Å². The zero-order chi connectivity index (χ0) is 13.9. The van der Waals surface area contributed by atoms with Crippen molar-refractivity contribution in [1.29, 1.82) is 0 Å². The summed E-state index contributed by atoms with van der Waals surface area (Å²) in [5, 5.41) is 4.21. The highest BCUT2D eigenvalue weighted by molar-refractivity contribution is 6.31. The first kappa shape index (κ1) is 13.5. The van der Waals surface area contributed by atoms with E-state index >= 15 is 0 Å². The van der Waals surface area contributed by atoms with E-state index in [9.17, 15) is 0 Å². The normalized spacial score (nSPS) is 14.5. The molecule has 0 aliphatic heterocycles. The number of hydrogen-bond acceptors (Lipinski definition) is 3. The minimum Gasteiger partial charge on any atom is -0.486 e. The maximum absolute atomic E-state index is 5.99. The quantitative estimate of drug-likeness (QED) is 0.871. The lowest BCUT2D eigenvalue weighted by atomic mass is 10.2. The number of halogens is 1. The van der Waals surface area contributed by atoms with E-state index in [2.05, 4.69) is 5.32 Å². The Bertz CT molecular complexity index is 590. The summed E-state index contributed by atoms with van der Waals surface area (Å²) in [4.78, 5) is 0. The number of furan rings is 1. The van der Waals surface area contributed by atoms with Crippen LogP contribution in [0.4, 0.5) is 0 Å². The Morgan fingerprint density at radius 1 is 1.35 bits per heavy atom. The lowest BCUT2D eigenvalue weighted by Crippen LogP contribution is -2.14.